The van der Waals surface area contributed by atoms with E-state index in [1.165, 1.54) is 0 Å². The first-order valence-corrected chi connectivity index (χ1v) is 6.17. The van der Waals surface area contributed by atoms with Gasteiger partial charge in [0.2, 0.25) is 5.88 Å². The molecule has 1 aromatic rings. The van der Waals surface area contributed by atoms with Crippen molar-refractivity contribution >= 4 is 11.8 Å². The Morgan fingerprint density at radius 2 is 2.25 bits per heavy atom. The van der Waals surface area contributed by atoms with Crippen molar-refractivity contribution in [2.45, 2.75) is 23.2 Å². The molecular weight excluding hydrogens is 226 g/mol. The molecular formula is C10H15N3O2S. The van der Waals surface area contributed by atoms with Gasteiger partial charge >= 0.3 is 0 Å². The van der Waals surface area contributed by atoms with Crippen LogP contribution in [0.4, 0.5) is 0 Å². The lowest BCUT2D eigenvalue weighted by molar-refractivity contribution is 0.282. The summed E-state index contributed by atoms with van der Waals surface area (Å²) in [5, 5.41) is 10.2. The fourth-order valence-corrected chi connectivity index (χ4v) is 2.81. The molecule has 0 aromatic carbocycles. The van der Waals surface area contributed by atoms with Crippen molar-refractivity contribution in [1.29, 1.82) is 0 Å². The minimum absolute atomic E-state index is 0.209. The first-order chi connectivity index (χ1) is 7.63. The molecule has 16 heavy (non-hydrogen) atoms. The lowest BCUT2D eigenvalue weighted by atomic mass is 10.1. The number of nitrogens with one attached hydrogen (secondary N) is 1. The van der Waals surface area contributed by atoms with Gasteiger partial charge in [-0.2, -0.15) is 4.98 Å². The molecule has 1 fully saturated rings. The molecule has 0 aliphatic carbocycles. The number of nitrogens with zero attached hydrogens (tertiary/aromatic N) is 2. The van der Waals surface area contributed by atoms with Gasteiger partial charge in [-0.05, 0) is 33.0 Å². The second kappa shape index (κ2) is 4.88. The lowest BCUT2D eigenvalue weighted by Gasteiger charge is -2.27. The molecule has 2 rings (SSSR count). The topological polar surface area (TPSA) is 69.2 Å². The largest absolute Gasteiger partial charge is 0.493 e. The summed E-state index contributed by atoms with van der Waals surface area (Å²) in [6, 6.07) is 1.08. The van der Waals surface area contributed by atoms with Crippen molar-refractivity contribution in [2.75, 3.05) is 20.1 Å². The fourth-order valence-electron chi connectivity index (χ4n) is 1.74. The van der Waals surface area contributed by atoms with E-state index in [4.69, 9.17) is 0 Å². The molecule has 1 aromatic heterocycles. The van der Waals surface area contributed by atoms with Crippen molar-refractivity contribution < 1.29 is 5.11 Å². The second-order valence-corrected chi connectivity index (χ2v) is 5.32. The Kier molecular flexibility index (Phi) is 3.50. The Bertz CT molecular complexity index is 413. The first-order valence-electron chi connectivity index (χ1n) is 5.29. The van der Waals surface area contributed by atoms with E-state index in [9.17, 15) is 9.90 Å². The highest BCUT2D eigenvalue weighted by atomic mass is 32.2. The number of aromatic hydroxyl groups is 1. The molecule has 0 amide bonds. The Hall–Kier alpha value is -1.01. The predicted octanol–water partition coefficient (Wildman–Crippen LogP) is 0.662. The number of aromatic nitrogens is 2. The molecule has 0 atom stereocenters. The van der Waals surface area contributed by atoms with Gasteiger partial charge in [-0.25, -0.2) is 0 Å². The molecule has 5 nitrogen and oxygen atoms in total. The van der Waals surface area contributed by atoms with E-state index in [0.29, 0.717) is 10.4 Å². The van der Waals surface area contributed by atoms with Gasteiger partial charge < -0.3 is 15.0 Å². The third-order valence-corrected chi connectivity index (χ3v) is 3.87. The predicted molar refractivity (Wildman–Crippen MR) is 62.9 cm³/mol. The molecule has 0 unspecified atom stereocenters. The van der Waals surface area contributed by atoms with E-state index in [2.05, 4.69) is 21.9 Å². The van der Waals surface area contributed by atoms with Crippen LogP contribution in [0.2, 0.25) is 0 Å². The van der Waals surface area contributed by atoms with Crippen LogP contribution in [0.5, 0.6) is 5.88 Å². The van der Waals surface area contributed by atoms with Crippen LogP contribution in [0.1, 0.15) is 12.8 Å². The summed E-state index contributed by atoms with van der Waals surface area (Å²) in [4.78, 5) is 19.9. The Balaban J connectivity index is 2.01. The monoisotopic (exact) mass is 241 g/mol. The summed E-state index contributed by atoms with van der Waals surface area (Å²) in [7, 11) is 2.11. The molecule has 0 bridgehead atoms. The van der Waals surface area contributed by atoms with E-state index >= 15 is 0 Å². The Morgan fingerprint density at radius 3 is 2.88 bits per heavy atom. The van der Waals surface area contributed by atoms with E-state index in [0.717, 1.165) is 32.0 Å². The quantitative estimate of drug-likeness (QED) is 0.744. The molecule has 1 saturated heterocycles. The summed E-state index contributed by atoms with van der Waals surface area (Å²) in [6.07, 6.45) is 2.17. The van der Waals surface area contributed by atoms with Crippen molar-refractivity contribution in [1.82, 2.24) is 14.9 Å². The molecule has 1 aliphatic rings. The number of H-pyrrole nitrogens is 1. The first kappa shape index (κ1) is 11.5. The molecule has 6 heteroatoms. The third kappa shape index (κ3) is 2.99. The van der Waals surface area contributed by atoms with Crippen LogP contribution in [-0.4, -0.2) is 45.4 Å². The molecule has 0 saturated carbocycles. The van der Waals surface area contributed by atoms with Gasteiger partial charge in [-0.3, -0.25) is 4.79 Å². The lowest BCUT2D eigenvalue weighted by Crippen LogP contribution is -2.31. The number of aromatic amines is 1. The zero-order valence-electron chi connectivity index (χ0n) is 9.14. The van der Waals surface area contributed by atoms with Gasteiger partial charge in [0.1, 0.15) is 0 Å². The maximum atomic E-state index is 11.1. The minimum atomic E-state index is -0.303. The summed E-state index contributed by atoms with van der Waals surface area (Å²) in [5.41, 5.74) is -0.303. The number of hydrogen-bond donors (Lipinski definition) is 2. The third-order valence-electron chi connectivity index (χ3n) is 2.65. The SMILES string of the molecule is CN1CCC(Sc2nc(O)cc(=O)[nH]2)CC1. The van der Waals surface area contributed by atoms with Crippen molar-refractivity contribution in [3.63, 3.8) is 0 Å². The Labute approximate surface area is 97.9 Å². The molecule has 0 radical (unpaired) electrons. The average molecular weight is 241 g/mol. The number of rotatable bonds is 2. The number of hydrogen-bond acceptors (Lipinski definition) is 5. The van der Waals surface area contributed by atoms with Gasteiger partial charge in [-0.15, -0.1) is 0 Å². The van der Waals surface area contributed by atoms with E-state index in [1.54, 1.807) is 11.8 Å². The summed E-state index contributed by atoms with van der Waals surface area (Å²) in [6.45, 7) is 2.14. The summed E-state index contributed by atoms with van der Waals surface area (Å²) in [5.74, 6) is -0.209. The minimum Gasteiger partial charge on any atom is -0.493 e. The van der Waals surface area contributed by atoms with Crippen LogP contribution in [-0.2, 0) is 0 Å². The standard InChI is InChI=1S/C10H15N3O2S/c1-13-4-2-7(3-5-13)16-10-11-8(14)6-9(15)12-10/h6-7H,2-5H2,1H3,(H2,11,12,14,15). The molecule has 2 heterocycles. The van der Waals surface area contributed by atoms with E-state index < -0.39 is 0 Å². The number of likely N-dealkylation sites (tertiary alicyclic amines) is 1. The second-order valence-electron chi connectivity index (χ2n) is 4.03. The molecule has 2 N–H and O–H groups in total. The zero-order valence-corrected chi connectivity index (χ0v) is 9.96. The maximum Gasteiger partial charge on any atom is 0.255 e. The van der Waals surface area contributed by atoms with E-state index in [1.807, 2.05) is 0 Å². The Morgan fingerprint density at radius 1 is 1.56 bits per heavy atom. The highest BCUT2D eigenvalue weighted by Crippen LogP contribution is 2.27. The van der Waals surface area contributed by atoms with Crippen LogP contribution in [0, 0.1) is 0 Å². The van der Waals surface area contributed by atoms with Gasteiger partial charge in [0.25, 0.3) is 5.56 Å². The van der Waals surface area contributed by atoms with Crippen molar-refractivity contribution in [3.05, 3.63) is 16.4 Å². The van der Waals surface area contributed by atoms with Crippen LogP contribution in [0.3, 0.4) is 0 Å². The normalized spacial score (nSPS) is 18.8. The van der Waals surface area contributed by atoms with Gasteiger partial charge in [-0.1, -0.05) is 11.8 Å². The van der Waals surface area contributed by atoms with Gasteiger partial charge in [0.05, 0.1) is 6.07 Å². The number of piperidine rings is 1. The zero-order chi connectivity index (χ0) is 11.5. The van der Waals surface area contributed by atoms with Gasteiger partial charge in [0, 0.05) is 5.25 Å². The summed E-state index contributed by atoms with van der Waals surface area (Å²) >= 11 is 1.54. The molecule has 0 spiro atoms. The van der Waals surface area contributed by atoms with Crippen molar-refractivity contribution in [2.24, 2.45) is 0 Å². The fraction of sp³-hybridized carbons (Fsp3) is 0.600. The van der Waals surface area contributed by atoms with Crippen molar-refractivity contribution in [3.8, 4) is 5.88 Å². The van der Waals surface area contributed by atoms with Crippen LogP contribution in [0.25, 0.3) is 0 Å². The van der Waals surface area contributed by atoms with E-state index in [-0.39, 0.29) is 11.4 Å². The summed E-state index contributed by atoms with van der Waals surface area (Å²) < 4.78 is 0. The van der Waals surface area contributed by atoms with Crippen LogP contribution >= 0.6 is 11.8 Å². The molecule has 88 valence electrons. The maximum absolute atomic E-state index is 11.1. The van der Waals surface area contributed by atoms with Crippen LogP contribution in [0.15, 0.2) is 16.0 Å². The molecule has 1 aliphatic heterocycles. The van der Waals surface area contributed by atoms with Crippen LogP contribution < -0.4 is 5.56 Å². The smallest absolute Gasteiger partial charge is 0.255 e. The number of thioether (sulfide) groups is 1. The van der Waals surface area contributed by atoms with Gasteiger partial charge in [0.15, 0.2) is 5.16 Å². The highest BCUT2D eigenvalue weighted by Gasteiger charge is 2.18. The average Bonchev–Trinajstić information content (AvgIpc) is 2.20. The highest BCUT2D eigenvalue weighted by molar-refractivity contribution is 7.99.